The molecule has 0 aromatic carbocycles. The number of nitrogens with zero attached hydrogens (tertiary/aromatic N) is 2. The van der Waals surface area contributed by atoms with E-state index in [0.29, 0.717) is 16.6 Å². The van der Waals surface area contributed by atoms with Crippen LogP contribution in [0.4, 0.5) is 0 Å². The summed E-state index contributed by atoms with van der Waals surface area (Å²) in [6.07, 6.45) is 1.79. The third-order valence-corrected chi connectivity index (χ3v) is 3.99. The van der Waals surface area contributed by atoms with Gasteiger partial charge in [0.2, 0.25) is 0 Å². The van der Waals surface area contributed by atoms with E-state index >= 15 is 0 Å². The van der Waals surface area contributed by atoms with Crippen molar-refractivity contribution in [2.45, 2.75) is 13.3 Å². The molecular formula is C10H9ClN2O2S2. The summed E-state index contributed by atoms with van der Waals surface area (Å²) in [6.45, 7) is 2.17. The second-order valence-corrected chi connectivity index (χ2v) is 5.62. The first kappa shape index (κ1) is 12.5. The first-order valence-corrected chi connectivity index (χ1v) is 6.98. The SMILES string of the molecule is CCOC(=O)Cc1csc(-c2ncc(Cl)s2)n1. The minimum absolute atomic E-state index is 0.198. The van der Waals surface area contributed by atoms with Crippen LogP contribution >= 0.6 is 34.3 Å². The molecule has 7 heteroatoms. The summed E-state index contributed by atoms with van der Waals surface area (Å²) in [4.78, 5) is 19.7. The molecule has 0 unspecified atom stereocenters. The highest BCUT2D eigenvalue weighted by Gasteiger charge is 2.11. The number of hydrogen-bond acceptors (Lipinski definition) is 6. The van der Waals surface area contributed by atoms with Gasteiger partial charge in [-0.05, 0) is 6.92 Å². The molecule has 2 aromatic rings. The molecule has 17 heavy (non-hydrogen) atoms. The van der Waals surface area contributed by atoms with Crippen molar-refractivity contribution in [2.75, 3.05) is 6.61 Å². The molecule has 0 spiro atoms. The van der Waals surface area contributed by atoms with Crippen LogP contribution in [0.2, 0.25) is 4.34 Å². The lowest BCUT2D eigenvalue weighted by atomic mass is 10.3. The zero-order valence-corrected chi connectivity index (χ0v) is 11.4. The van der Waals surface area contributed by atoms with Crippen LogP contribution in [0.3, 0.4) is 0 Å². The van der Waals surface area contributed by atoms with Crippen LogP contribution < -0.4 is 0 Å². The highest BCUT2D eigenvalue weighted by Crippen LogP contribution is 2.30. The summed E-state index contributed by atoms with van der Waals surface area (Å²) in [5, 5.41) is 3.39. The lowest BCUT2D eigenvalue weighted by Crippen LogP contribution is -2.07. The molecule has 2 rings (SSSR count). The van der Waals surface area contributed by atoms with Crippen LogP contribution in [0.1, 0.15) is 12.6 Å². The Labute approximate surface area is 111 Å². The predicted molar refractivity (Wildman–Crippen MR) is 68.6 cm³/mol. The smallest absolute Gasteiger partial charge is 0.311 e. The van der Waals surface area contributed by atoms with Crippen molar-refractivity contribution in [3.63, 3.8) is 0 Å². The molecule has 0 bridgehead atoms. The van der Waals surface area contributed by atoms with Crippen LogP contribution in [-0.4, -0.2) is 22.5 Å². The highest BCUT2D eigenvalue weighted by atomic mass is 35.5. The van der Waals surface area contributed by atoms with Crippen molar-refractivity contribution < 1.29 is 9.53 Å². The summed E-state index contributed by atoms with van der Waals surface area (Å²) in [5.41, 5.74) is 0.703. The predicted octanol–water partition coefficient (Wildman–Crippen LogP) is 3.03. The van der Waals surface area contributed by atoms with Gasteiger partial charge in [-0.2, -0.15) is 0 Å². The molecule has 0 fully saturated rings. The average Bonchev–Trinajstić information content (AvgIpc) is 2.87. The van der Waals surface area contributed by atoms with Gasteiger partial charge in [0.05, 0.1) is 24.9 Å². The van der Waals surface area contributed by atoms with Gasteiger partial charge in [-0.3, -0.25) is 4.79 Å². The summed E-state index contributed by atoms with van der Waals surface area (Å²) in [6, 6.07) is 0. The summed E-state index contributed by atoms with van der Waals surface area (Å²) >= 11 is 8.62. The van der Waals surface area contributed by atoms with E-state index in [0.717, 1.165) is 10.0 Å². The number of rotatable bonds is 4. The Morgan fingerprint density at radius 3 is 3.00 bits per heavy atom. The Morgan fingerprint density at radius 1 is 1.53 bits per heavy atom. The molecule has 0 saturated carbocycles. The second-order valence-electron chi connectivity index (χ2n) is 3.10. The van der Waals surface area contributed by atoms with Gasteiger partial charge >= 0.3 is 5.97 Å². The van der Waals surface area contributed by atoms with E-state index < -0.39 is 0 Å². The van der Waals surface area contributed by atoms with Crippen molar-refractivity contribution >= 4 is 40.2 Å². The molecule has 90 valence electrons. The zero-order valence-electron chi connectivity index (χ0n) is 8.97. The second kappa shape index (κ2) is 5.57. The number of carbonyl (C=O) groups excluding carboxylic acids is 1. The van der Waals surface area contributed by atoms with Crippen molar-refractivity contribution in [1.82, 2.24) is 9.97 Å². The Balaban J connectivity index is 2.08. The largest absolute Gasteiger partial charge is 0.466 e. The summed E-state index contributed by atoms with van der Waals surface area (Å²) < 4.78 is 5.48. The van der Waals surface area contributed by atoms with Gasteiger partial charge in [-0.1, -0.05) is 22.9 Å². The van der Waals surface area contributed by atoms with E-state index in [1.807, 2.05) is 5.38 Å². The fraction of sp³-hybridized carbons (Fsp3) is 0.300. The topological polar surface area (TPSA) is 52.1 Å². The average molecular weight is 289 g/mol. The Morgan fingerprint density at radius 2 is 2.35 bits per heavy atom. The van der Waals surface area contributed by atoms with E-state index in [2.05, 4.69) is 9.97 Å². The van der Waals surface area contributed by atoms with Gasteiger partial charge in [-0.15, -0.1) is 11.3 Å². The molecule has 0 aliphatic carbocycles. The molecule has 0 radical (unpaired) electrons. The zero-order chi connectivity index (χ0) is 12.3. The van der Waals surface area contributed by atoms with Gasteiger partial charge in [0.15, 0.2) is 10.0 Å². The minimum Gasteiger partial charge on any atom is -0.466 e. The van der Waals surface area contributed by atoms with Crippen LogP contribution in [0.25, 0.3) is 10.0 Å². The van der Waals surface area contributed by atoms with Crippen LogP contribution in [0.15, 0.2) is 11.6 Å². The standard InChI is InChI=1S/C10H9ClN2O2S2/c1-2-15-8(14)3-6-5-16-10(13-6)9-12-4-7(11)17-9/h4-5H,2-3H2,1H3. The minimum atomic E-state index is -0.262. The number of hydrogen-bond donors (Lipinski definition) is 0. The van der Waals surface area contributed by atoms with Crippen molar-refractivity contribution in [1.29, 1.82) is 0 Å². The van der Waals surface area contributed by atoms with E-state index in [1.54, 1.807) is 13.1 Å². The van der Waals surface area contributed by atoms with Gasteiger partial charge in [-0.25, -0.2) is 9.97 Å². The maximum atomic E-state index is 11.3. The number of carbonyl (C=O) groups is 1. The molecule has 2 heterocycles. The van der Waals surface area contributed by atoms with Crippen molar-refractivity contribution in [2.24, 2.45) is 0 Å². The molecular weight excluding hydrogens is 280 g/mol. The monoisotopic (exact) mass is 288 g/mol. The summed E-state index contributed by atoms with van der Waals surface area (Å²) in [5.74, 6) is -0.262. The fourth-order valence-electron chi connectivity index (χ4n) is 1.20. The quantitative estimate of drug-likeness (QED) is 0.812. The van der Waals surface area contributed by atoms with Crippen molar-refractivity contribution in [3.8, 4) is 10.0 Å². The van der Waals surface area contributed by atoms with E-state index in [-0.39, 0.29) is 12.4 Å². The molecule has 0 amide bonds. The molecule has 0 aliphatic heterocycles. The molecule has 2 aromatic heterocycles. The highest BCUT2D eigenvalue weighted by molar-refractivity contribution is 7.22. The lowest BCUT2D eigenvalue weighted by molar-refractivity contribution is -0.142. The van der Waals surface area contributed by atoms with E-state index in [1.165, 1.54) is 22.7 Å². The Kier molecular flexibility index (Phi) is 4.09. The molecule has 4 nitrogen and oxygen atoms in total. The van der Waals surface area contributed by atoms with Crippen molar-refractivity contribution in [3.05, 3.63) is 21.6 Å². The number of aromatic nitrogens is 2. The van der Waals surface area contributed by atoms with Crippen LogP contribution in [0, 0.1) is 0 Å². The first-order valence-electron chi connectivity index (χ1n) is 4.90. The normalized spacial score (nSPS) is 10.5. The van der Waals surface area contributed by atoms with Crippen LogP contribution in [0.5, 0.6) is 0 Å². The third kappa shape index (κ3) is 3.24. The van der Waals surface area contributed by atoms with Gasteiger partial charge in [0.25, 0.3) is 0 Å². The Bertz CT molecular complexity index is 524. The number of esters is 1. The first-order chi connectivity index (χ1) is 8.19. The van der Waals surface area contributed by atoms with Gasteiger partial charge in [0, 0.05) is 5.38 Å². The molecule has 0 atom stereocenters. The van der Waals surface area contributed by atoms with Gasteiger partial charge in [0.1, 0.15) is 4.34 Å². The third-order valence-electron chi connectivity index (χ3n) is 1.84. The number of ether oxygens (including phenoxy) is 1. The van der Waals surface area contributed by atoms with Gasteiger partial charge < -0.3 is 4.74 Å². The number of thiazole rings is 2. The molecule has 0 saturated heterocycles. The maximum Gasteiger partial charge on any atom is 0.311 e. The number of halogens is 1. The maximum absolute atomic E-state index is 11.3. The fourth-order valence-corrected chi connectivity index (χ4v) is 2.97. The Hall–Kier alpha value is -0.980. The van der Waals surface area contributed by atoms with E-state index in [4.69, 9.17) is 16.3 Å². The van der Waals surface area contributed by atoms with E-state index in [9.17, 15) is 4.79 Å². The molecule has 0 aliphatic rings. The lowest BCUT2D eigenvalue weighted by Gasteiger charge is -1.97. The van der Waals surface area contributed by atoms with Crippen LogP contribution in [-0.2, 0) is 16.0 Å². The summed E-state index contributed by atoms with van der Waals surface area (Å²) in [7, 11) is 0. The molecule has 0 N–H and O–H groups in total.